The van der Waals surface area contributed by atoms with Crippen molar-refractivity contribution in [2.75, 3.05) is 11.3 Å². The molecular weight excluding hydrogens is 308 g/mol. The van der Waals surface area contributed by atoms with Gasteiger partial charge in [-0.05, 0) is 42.5 Å². The van der Waals surface area contributed by atoms with Crippen LogP contribution in [0.1, 0.15) is 5.56 Å². The number of nitrogens with two attached hydrogens (primary N) is 1. The van der Waals surface area contributed by atoms with E-state index in [4.69, 9.17) is 17.3 Å². The average Bonchev–Trinajstić information content (AvgIpc) is 2.48. The number of nitrogens with one attached hydrogen (secondary N) is 1. The molecule has 4 nitrogen and oxygen atoms in total. The molecule has 0 saturated heterocycles. The Kier molecular flexibility index (Phi) is 4.86. The highest BCUT2D eigenvalue weighted by atomic mass is 35.5. The molecule has 0 spiro atoms. The molecule has 0 bridgehead atoms. The fraction of sp³-hybridized carbons (Fsp3) is 0.0667. The van der Waals surface area contributed by atoms with Gasteiger partial charge in [-0.25, -0.2) is 8.42 Å². The number of hydrogen-bond acceptors (Lipinski definition) is 3. The number of hydrogen-bond donors (Lipinski definition) is 2. The third kappa shape index (κ3) is 4.23. The SMILES string of the molecule is NCC#Cc1cccc(S(=O)(=O)Nc2ccc(Cl)cc2)c1. The van der Waals surface area contributed by atoms with E-state index in [1.165, 1.54) is 12.1 Å². The van der Waals surface area contributed by atoms with Gasteiger partial charge in [0.1, 0.15) is 0 Å². The highest BCUT2D eigenvalue weighted by Crippen LogP contribution is 2.18. The molecule has 0 aliphatic rings. The quantitative estimate of drug-likeness (QED) is 0.853. The third-order valence-corrected chi connectivity index (χ3v) is 4.21. The summed E-state index contributed by atoms with van der Waals surface area (Å²) in [5, 5.41) is 0.539. The van der Waals surface area contributed by atoms with Crippen molar-refractivity contribution in [1.82, 2.24) is 0 Å². The number of anilines is 1. The molecule has 3 N–H and O–H groups in total. The molecule has 0 radical (unpaired) electrons. The second kappa shape index (κ2) is 6.64. The minimum atomic E-state index is -3.67. The molecule has 0 saturated carbocycles. The third-order valence-electron chi connectivity index (χ3n) is 2.58. The Hall–Kier alpha value is -2.00. The minimum Gasteiger partial charge on any atom is -0.320 e. The molecule has 2 aromatic rings. The molecular formula is C15H13ClN2O2S. The van der Waals surface area contributed by atoms with Gasteiger partial charge in [-0.1, -0.05) is 29.5 Å². The monoisotopic (exact) mass is 320 g/mol. The molecule has 0 aliphatic heterocycles. The van der Waals surface area contributed by atoms with Crippen LogP contribution in [0.2, 0.25) is 5.02 Å². The smallest absolute Gasteiger partial charge is 0.261 e. The molecule has 108 valence electrons. The van der Waals surface area contributed by atoms with E-state index in [1.807, 2.05) is 0 Å². The van der Waals surface area contributed by atoms with Crippen molar-refractivity contribution in [3.8, 4) is 11.8 Å². The first-order valence-corrected chi connectivity index (χ1v) is 7.95. The zero-order valence-corrected chi connectivity index (χ0v) is 12.6. The normalized spacial score (nSPS) is 10.6. The molecule has 2 rings (SSSR count). The van der Waals surface area contributed by atoms with E-state index < -0.39 is 10.0 Å². The lowest BCUT2D eigenvalue weighted by atomic mass is 10.2. The number of benzene rings is 2. The van der Waals surface area contributed by atoms with Gasteiger partial charge in [-0.15, -0.1) is 0 Å². The number of rotatable bonds is 3. The molecule has 0 amide bonds. The van der Waals surface area contributed by atoms with Crippen molar-refractivity contribution < 1.29 is 8.42 Å². The van der Waals surface area contributed by atoms with Crippen molar-refractivity contribution in [3.05, 3.63) is 59.1 Å². The predicted octanol–water partition coefficient (Wildman–Crippen LogP) is 2.45. The van der Waals surface area contributed by atoms with Gasteiger partial charge < -0.3 is 5.73 Å². The van der Waals surface area contributed by atoms with E-state index in [-0.39, 0.29) is 11.4 Å². The van der Waals surface area contributed by atoms with Crippen LogP contribution in [0.3, 0.4) is 0 Å². The maximum Gasteiger partial charge on any atom is 0.261 e. The van der Waals surface area contributed by atoms with Crippen LogP contribution < -0.4 is 10.5 Å². The summed E-state index contributed by atoms with van der Waals surface area (Å²) in [7, 11) is -3.67. The maximum absolute atomic E-state index is 12.3. The summed E-state index contributed by atoms with van der Waals surface area (Å²) in [5.41, 5.74) is 6.34. The van der Waals surface area contributed by atoms with E-state index in [0.717, 1.165) is 0 Å². The lowest BCUT2D eigenvalue weighted by molar-refractivity contribution is 0.601. The second-order valence-electron chi connectivity index (χ2n) is 4.15. The standard InChI is InChI=1S/C15H13ClN2O2S/c16-13-6-8-14(9-7-13)18-21(19,20)15-5-1-3-12(11-15)4-2-10-17/h1,3,5-9,11,18H,10,17H2. The van der Waals surface area contributed by atoms with Crippen molar-refractivity contribution in [3.63, 3.8) is 0 Å². The van der Waals surface area contributed by atoms with Crippen molar-refractivity contribution in [2.24, 2.45) is 5.73 Å². The fourth-order valence-corrected chi connectivity index (χ4v) is 2.86. The number of halogens is 1. The molecule has 6 heteroatoms. The van der Waals surface area contributed by atoms with Gasteiger partial charge in [0.05, 0.1) is 11.4 Å². The Bertz CT molecular complexity index is 790. The van der Waals surface area contributed by atoms with Gasteiger partial charge in [-0.3, -0.25) is 4.72 Å². The summed E-state index contributed by atoms with van der Waals surface area (Å²) in [4.78, 5) is 0.140. The first kappa shape index (κ1) is 15.4. The maximum atomic E-state index is 12.3. The molecule has 0 heterocycles. The van der Waals surface area contributed by atoms with E-state index in [2.05, 4.69) is 16.6 Å². The summed E-state index contributed by atoms with van der Waals surface area (Å²) >= 11 is 5.77. The Labute approximate surface area is 129 Å². The molecule has 0 fully saturated rings. The van der Waals surface area contributed by atoms with E-state index in [9.17, 15) is 8.42 Å². The van der Waals surface area contributed by atoms with Crippen molar-refractivity contribution in [1.29, 1.82) is 0 Å². The van der Waals surface area contributed by atoms with Crippen LogP contribution in [0.4, 0.5) is 5.69 Å². The van der Waals surface area contributed by atoms with Crippen LogP contribution in [-0.2, 0) is 10.0 Å². The Morgan fingerprint density at radius 3 is 2.52 bits per heavy atom. The van der Waals surface area contributed by atoms with E-state index in [1.54, 1.807) is 36.4 Å². The van der Waals surface area contributed by atoms with Crippen molar-refractivity contribution in [2.45, 2.75) is 4.90 Å². The predicted molar refractivity (Wildman–Crippen MR) is 84.6 cm³/mol. The zero-order chi connectivity index (χ0) is 15.3. The van der Waals surface area contributed by atoms with Gasteiger partial charge in [0.15, 0.2) is 0 Å². The summed E-state index contributed by atoms with van der Waals surface area (Å²) in [6, 6.07) is 12.8. The highest BCUT2D eigenvalue weighted by molar-refractivity contribution is 7.92. The topological polar surface area (TPSA) is 72.2 Å². The lowest BCUT2D eigenvalue weighted by Gasteiger charge is -2.08. The highest BCUT2D eigenvalue weighted by Gasteiger charge is 2.14. The molecule has 0 atom stereocenters. The molecule has 0 aromatic heterocycles. The second-order valence-corrected chi connectivity index (χ2v) is 6.26. The van der Waals surface area contributed by atoms with Gasteiger partial charge in [0.2, 0.25) is 0 Å². The van der Waals surface area contributed by atoms with Crippen LogP contribution in [0.25, 0.3) is 0 Å². The first-order valence-electron chi connectivity index (χ1n) is 6.09. The van der Waals surface area contributed by atoms with Crippen LogP contribution >= 0.6 is 11.6 Å². The van der Waals surface area contributed by atoms with Gasteiger partial charge in [0.25, 0.3) is 10.0 Å². The van der Waals surface area contributed by atoms with Crippen LogP contribution in [0.5, 0.6) is 0 Å². The summed E-state index contributed by atoms with van der Waals surface area (Å²) in [6.07, 6.45) is 0. The average molecular weight is 321 g/mol. The van der Waals surface area contributed by atoms with Gasteiger partial charge in [0, 0.05) is 16.3 Å². The van der Waals surface area contributed by atoms with E-state index >= 15 is 0 Å². The summed E-state index contributed by atoms with van der Waals surface area (Å²) in [5.74, 6) is 5.49. The minimum absolute atomic E-state index is 0.140. The van der Waals surface area contributed by atoms with Gasteiger partial charge in [-0.2, -0.15) is 0 Å². The number of sulfonamides is 1. The molecule has 21 heavy (non-hydrogen) atoms. The molecule has 2 aromatic carbocycles. The first-order chi connectivity index (χ1) is 10.0. The van der Waals surface area contributed by atoms with Crippen molar-refractivity contribution >= 4 is 27.3 Å². The summed E-state index contributed by atoms with van der Waals surface area (Å²) < 4.78 is 27.1. The van der Waals surface area contributed by atoms with Crippen LogP contribution in [0.15, 0.2) is 53.4 Å². The fourth-order valence-electron chi connectivity index (χ4n) is 1.63. The Morgan fingerprint density at radius 1 is 1.14 bits per heavy atom. The Morgan fingerprint density at radius 2 is 1.86 bits per heavy atom. The van der Waals surface area contributed by atoms with Crippen LogP contribution in [0, 0.1) is 11.8 Å². The lowest BCUT2D eigenvalue weighted by Crippen LogP contribution is -2.12. The Balaban J connectivity index is 2.29. The summed E-state index contributed by atoms with van der Waals surface area (Å²) in [6.45, 7) is 0.222. The molecule has 0 unspecified atom stereocenters. The largest absolute Gasteiger partial charge is 0.320 e. The zero-order valence-electron chi connectivity index (χ0n) is 11.0. The van der Waals surface area contributed by atoms with Gasteiger partial charge >= 0.3 is 0 Å². The van der Waals surface area contributed by atoms with Crippen LogP contribution in [-0.4, -0.2) is 15.0 Å². The van der Waals surface area contributed by atoms with E-state index in [0.29, 0.717) is 16.3 Å². The molecule has 0 aliphatic carbocycles.